The van der Waals surface area contributed by atoms with Gasteiger partial charge in [0.25, 0.3) is 0 Å². The number of hydrogen-bond acceptors (Lipinski definition) is 24. The largest absolute Gasteiger partial charge is 0.481 e. The highest BCUT2D eigenvalue weighted by atomic mass is 16.5. The molecule has 43 nitrogen and oxygen atoms in total. The number of H-pyrrole nitrogens is 1. The van der Waals surface area contributed by atoms with Gasteiger partial charge in [0.2, 0.25) is 82.7 Å². The van der Waals surface area contributed by atoms with Crippen LogP contribution in [0.3, 0.4) is 0 Å². The number of benzene rings is 2. The first-order valence-electron chi connectivity index (χ1n) is 36.8. The van der Waals surface area contributed by atoms with Crippen molar-refractivity contribution < 1.29 is 126 Å². The number of Topliss-reactive ketones (excluding diaryl/α,β-unsaturated/α-hetero) is 1. The number of ketones is 1. The number of carbonyl (C=O) groups is 20. The number of cyclic esters (lactones) is 1. The molecule has 1 fully saturated rings. The topological polar surface area (TPSA) is 702 Å². The Morgan fingerprint density at radius 3 is 1.69 bits per heavy atom. The quantitative estimate of drug-likeness (QED) is 0.0113. The molecule has 3 aromatic rings. The summed E-state index contributed by atoms with van der Waals surface area (Å²) < 4.78 is 5.68. The van der Waals surface area contributed by atoms with E-state index < -0.39 is 261 Å². The van der Waals surface area contributed by atoms with Crippen LogP contribution in [0.5, 0.6) is 0 Å². The number of carbonyl (C=O) groups excluding carboxylic acids is 16. The highest BCUT2D eigenvalue weighted by Crippen LogP contribution is 2.22. The highest BCUT2D eigenvalue weighted by Gasteiger charge is 2.41. The van der Waals surface area contributed by atoms with E-state index in [1.54, 1.807) is 30.5 Å². The van der Waals surface area contributed by atoms with E-state index in [2.05, 4.69) is 65.1 Å². The molecule has 2 aromatic carbocycles. The molecule has 1 aliphatic heterocycles. The van der Waals surface area contributed by atoms with E-state index in [0.717, 1.165) is 52.9 Å². The van der Waals surface area contributed by atoms with Crippen LogP contribution in [0.1, 0.15) is 146 Å². The minimum Gasteiger partial charge on any atom is -0.481 e. The highest BCUT2D eigenvalue weighted by molar-refractivity contribution is 6.05. The Balaban J connectivity index is 1.87. The van der Waals surface area contributed by atoms with Gasteiger partial charge < -0.3 is 122 Å². The average molecular weight is 1620 g/mol. The van der Waals surface area contributed by atoms with Crippen LogP contribution >= 0.6 is 0 Å². The standard InChI is InChI=1S/C72H101N17O26/c1-5-6-7-8-9-10-11-22-53(93)81-44(25-38-31-76-42-20-15-13-17-39(38)42)66(108)84-45(27-52(75)92)67(109)86-48(30-59(102)103)68(110)89-61-37(4)115-72(114)49(26-51(91)40-18-12-14-19-41(40)74)87-71(113)60(35(2)24-56(96)97)88-69(111)50(34-90)82-55(95)32-77-63(105)46(28-57(98)99)83-62(104)36(3)79-65(107)47(29-58(100)101)85-64(106)43(21-16-23-73)80-54(94)33-78-70(61)112/h12-15,17-20,31,35-37,43-50,60-61,76,90H,5-11,16,21-30,32-34,73-74H2,1-4H3,(H2,75,92)(H,77,105)(H,78,112)(H,79,107)(H,80,94)(H,81,93)(H,82,95)(H,83,104)(H,84,108)(H,85,106)(H,86,109)(H,87,113)(H,88,111)(H,89,110)(H,96,97)(H,98,99)(H,100,101)(H,102,103)/t35-,36-,37?,43+,44+,45+,46+,47+,48+,49+,50-,60+,61?/m1/s1. The number of nitrogens with one attached hydrogen (secondary N) is 14. The zero-order valence-corrected chi connectivity index (χ0v) is 63.6. The number of aromatic amines is 1. The van der Waals surface area contributed by atoms with Gasteiger partial charge in [0.1, 0.15) is 72.6 Å². The second-order valence-electron chi connectivity index (χ2n) is 27.2. The second kappa shape index (κ2) is 47.6. The zero-order chi connectivity index (χ0) is 85.8. The van der Waals surface area contributed by atoms with E-state index in [1.807, 2.05) is 16.0 Å². The predicted molar refractivity (Wildman–Crippen MR) is 400 cm³/mol. The number of aliphatic carboxylic acids is 4. The molecule has 0 spiro atoms. The Morgan fingerprint density at radius 1 is 0.548 bits per heavy atom. The van der Waals surface area contributed by atoms with Crippen molar-refractivity contribution in [3.63, 3.8) is 0 Å². The van der Waals surface area contributed by atoms with Crippen LogP contribution in [0.4, 0.5) is 5.69 Å². The van der Waals surface area contributed by atoms with Crippen molar-refractivity contribution in [2.45, 2.75) is 209 Å². The van der Waals surface area contributed by atoms with Gasteiger partial charge in [-0.2, -0.15) is 0 Å². The number of hydrogen-bond donors (Lipinski definition) is 22. The molecule has 1 aromatic heterocycles. The second-order valence-corrected chi connectivity index (χ2v) is 27.2. The summed E-state index contributed by atoms with van der Waals surface area (Å²) >= 11 is 0. The minimum absolute atomic E-state index is 0.0186. The number of fused-ring (bicyclic) bond motifs is 1. The Kier molecular flexibility index (Phi) is 39.2. The van der Waals surface area contributed by atoms with Gasteiger partial charge in [-0.25, -0.2) is 4.79 Å². The molecule has 0 aliphatic carbocycles. The van der Waals surface area contributed by atoms with E-state index in [1.165, 1.54) is 24.3 Å². The molecule has 14 amide bonds. The third kappa shape index (κ3) is 32.5. The van der Waals surface area contributed by atoms with Gasteiger partial charge in [-0.05, 0) is 69.3 Å². The normalized spacial score (nSPS) is 21.2. The molecule has 2 unspecified atom stereocenters. The third-order valence-electron chi connectivity index (χ3n) is 17.9. The number of nitrogens with two attached hydrogens (primary N) is 3. The van der Waals surface area contributed by atoms with Crippen molar-refractivity contribution in [1.82, 2.24) is 74.1 Å². The van der Waals surface area contributed by atoms with Gasteiger partial charge in [0.15, 0.2) is 5.78 Å². The van der Waals surface area contributed by atoms with Gasteiger partial charge in [-0.3, -0.25) is 91.1 Å². The minimum atomic E-state index is -2.45. The summed E-state index contributed by atoms with van der Waals surface area (Å²) in [6.07, 6.45) is -2.33. The lowest BCUT2D eigenvalue weighted by atomic mass is 9.96. The number of carboxylic acids is 4. The van der Waals surface area contributed by atoms with Crippen LogP contribution in [0.25, 0.3) is 10.9 Å². The third-order valence-corrected chi connectivity index (χ3v) is 17.9. The number of unbranched alkanes of at least 4 members (excludes halogenated alkanes) is 6. The fourth-order valence-corrected chi connectivity index (χ4v) is 11.7. The lowest BCUT2D eigenvalue weighted by Gasteiger charge is -2.30. The summed E-state index contributed by atoms with van der Waals surface area (Å²) in [6.45, 7) is 1.11. The monoisotopic (exact) mass is 1620 g/mol. The van der Waals surface area contributed by atoms with Crippen molar-refractivity contribution in [1.29, 1.82) is 0 Å². The number of aromatic nitrogens is 1. The van der Waals surface area contributed by atoms with Crippen LogP contribution in [0.2, 0.25) is 0 Å². The summed E-state index contributed by atoms with van der Waals surface area (Å²) in [5.41, 5.74) is 18.1. The molecular formula is C72H101N17O26. The lowest BCUT2D eigenvalue weighted by Crippen LogP contribution is -2.62. The maximum atomic E-state index is 14.8. The van der Waals surface area contributed by atoms with Gasteiger partial charge in [-0.15, -0.1) is 0 Å². The Bertz CT molecular complexity index is 4040. The Hall–Kier alpha value is -12.7. The number of anilines is 1. The Morgan fingerprint density at radius 2 is 1.09 bits per heavy atom. The number of rotatable bonds is 35. The molecule has 115 heavy (non-hydrogen) atoms. The summed E-state index contributed by atoms with van der Waals surface area (Å²) in [5.74, 6) is -29.7. The fourth-order valence-electron chi connectivity index (χ4n) is 11.7. The number of primary amides is 1. The first-order valence-corrected chi connectivity index (χ1v) is 36.8. The lowest BCUT2D eigenvalue weighted by molar-refractivity contribution is -0.156. The summed E-state index contributed by atoms with van der Waals surface area (Å²) in [7, 11) is 0. The zero-order valence-electron chi connectivity index (χ0n) is 63.6. The van der Waals surface area contributed by atoms with Crippen LogP contribution in [-0.4, -0.2) is 248 Å². The van der Waals surface area contributed by atoms with Gasteiger partial charge in [0, 0.05) is 47.6 Å². The number of esters is 1. The molecule has 43 heteroatoms. The van der Waals surface area contributed by atoms with Gasteiger partial charge in [0.05, 0.1) is 51.8 Å². The van der Waals surface area contributed by atoms with Crippen molar-refractivity contribution in [3.8, 4) is 0 Å². The van der Waals surface area contributed by atoms with Gasteiger partial charge in [-0.1, -0.05) is 82.7 Å². The predicted octanol–water partition coefficient (Wildman–Crippen LogP) is -5.62. The first-order chi connectivity index (χ1) is 54.4. The number of amides is 14. The van der Waals surface area contributed by atoms with Crippen LogP contribution in [0.15, 0.2) is 54.7 Å². The van der Waals surface area contributed by atoms with Crippen LogP contribution in [0, 0.1) is 5.92 Å². The van der Waals surface area contributed by atoms with E-state index in [-0.39, 0.29) is 37.1 Å². The molecule has 1 saturated heterocycles. The molecule has 0 radical (unpaired) electrons. The number of aliphatic hydroxyl groups excluding tert-OH is 1. The van der Waals surface area contributed by atoms with Crippen LogP contribution in [-0.2, 0) is 102 Å². The number of aliphatic hydroxyl groups is 1. The number of carboxylic acid groups (broad SMARTS) is 4. The fraction of sp³-hybridized carbons (Fsp3) is 0.528. The molecule has 25 N–H and O–H groups in total. The molecular weight excluding hydrogens is 1520 g/mol. The number of nitrogen functional groups attached to an aromatic ring is 1. The SMILES string of the molecule is CCCCCCCCCC(=O)N[C@@H](Cc1c[nH]c2ccccc12)C(=O)N[C@@H](CC(N)=O)C(=O)N[C@@H](CC(=O)O)C(=O)NC1C(=O)NCC(=O)N[C@@H](CCCN)C(=O)N[C@@H](CC(=O)O)C(=O)N[C@H](C)C(=O)N[C@@H](CC(=O)O)C(=O)NCC(=O)N[C@H](CO)C(=O)N[C@@H]([C@H](C)CC(=O)O)C(=O)N[C@@H](CC(=O)c2ccccc2N)C(=O)OC1C. The summed E-state index contributed by atoms with van der Waals surface area (Å²) in [4.78, 5) is 276. The van der Waals surface area contributed by atoms with Crippen LogP contribution < -0.4 is 86.3 Å². The molecule has 2 heterocycles. The smallest absolute Gasteiger partial charge is 0.329 e. The van der Waals surface area contributed by atoms with E-state index in [9.17, 15) is 121 Å². The first kappa shape index (κ1) is 94.7. The molecule has 13 atom stereocenters. The maximum absolute atomic E-state index is 14.8. The van der Waals surface area contributed by atoms with Crippen molar-refractivity contribution in [2.24, 2.45) is 17.4 Å². The van der Waals surface area contributed by atoms with E-state index in [4.69, 9.17) is 21.9 Å². The molecule has 0 saturated carbocycles. The number of ether oxygens (including phenoxy) is 1. The van der Waals surface area contributed by atoms with Crippen molar-refractivity contribution in [3.05, 3.63) is 65.9 Å². The van der Waals surface area contributed by atoms with Crippen molar-refractivity contribution in [2.75, 3.05) is 32.0 Å². The molecule has 1 aliphatic rings. The van der Waals surface area contributed by atoms with E-state index >= 15 is 0 Å². The summed E-state index contributed by atoms with van der Waals surface area (Å²) in [5, 5.41) is 78.7. The van der Waals surface area contributed by atoms with E-state index in [0.29, 0.717) is 29.3 Å². The van der Waals surface area contributed by atoms with Gasteiger partial charge >= 0.3 is 29.8 Å². The summed E-state index contributed by atoms with van der Waals surface area (Å²) in [6, 6.07) is -10.5. The Labute approximate surface area is 657 Å². The number of para-hydroxylation sites is 2. The molecule has 630 valence electrons. The average Bonchev–Trinajstić information content (AvgIpc) is 1.72. The molecule has 0 bridgehead atoms. The maximum Gasteiger partial charge on any atom is 0.329 e. The van der Waals surface area contributed by atoms with Crippen molar-refractivity contribution >= 4 is 135 Å². The molecule has 4 rings (SSSR count).